The lowest BCUT2D eigenvalue weighted by Gasteiger charge is -2.30. The molecule has 0 amide bonds. The van der Waals surface area contributed by atoms with Crippen molar-refractivity contribution < 1.29 is 26.0 Å². The van der Waals surface area contributed by atoms with Gasteiger partial charge in [0.25, 0.3) is 0 Å². The summed E-state index contributed by atoms with van der Waals surface area (Å²) in [5.74, 6) is -2.18. The van der Waals surface area contributed by atoms with Gasteiger partial charge in [-0.05, 0) is 36.3 Å². The smallest absolute Gasteiger partial charge is 0.274 e. The van der Waals surface area contributed by atoms with Crippen LogP contribution in [0.15, 0.2) is 27.9 Å². The van der Waals surface area contributed by atoms with Crippen molar-refractivity contribution >= 4 is 10.0 Å². The van der Waals surface area contributed by atoms with Crippen molar-refractivity contribution in [2.24, 2.45) is 7.05 Å². The first-order valence-corrected chi connectivity index (χ1v) is 10.7. The molecule has 32 heavy (non-hydrogen) atoms. The van der Waals surface area contributed by atoms with Crippen molar-refractivity contribution in [1.82, 2.24) is 39.3 Å². The van der Waals surface area contributed by atoms with E-state index >= 15 is 0 Å². The molecule has 172 valence electrons. The number of nitrogens with one attached hydrogen (secondary N) is 1. The monoisotopic (exact) mass is 476 g/mol. The van der Waals surface area contributed by atoms with Gasteiger partial charge in [0.1, 0.15) is 5.82 Å². The molecule has 0 saturated carbocycles. The number of benzene rings is 1. The van der Waals surface area contributed by atoms with Crippen LogP contribution in [0.2, 0.25) is 0 Å². The number of aromatic nitrogens is 7. The fraction of sp³-hybridized carbons (Fsp3) is 0.438. The molecule has 1 fully saturated rings. The average Bonchev–Trinajstić information content (AvgIpc) is 3.37. The Bertz CT molecular complexity index is 1290. The molecule has 1 aliphatic rings. The van der Waals surface area contributed by atoms with Crippen molar-refractivity contribution in [2.45, 2.75) is 30.0 Å². The van der Waals surface area contributed by atoms with Crippen molar-refractivity contribution in [3.05, 3.63) is 40.3 Å². The van der Waals surface area contributed by atoms with E-state index in [1.807, 2.05) is 0 Å². The van der Waals surface area contributed by atoms with Gasteiger partial charge in [0.15, 0.2) is 0 Å². The number of nitrogens with zero attached hydrogens (tertiary/aromatic N) is 7. The molecule has 16 heteroatoms. The van der Waals surface area contributed by atoms with E-state index in [4.69, 9.17) is 0 Å². The Hall–Kier alpha value is -3.14. The van der Waals surface area contributed by atoms with Crippen LogP contribution in [0.1, 0.15) is 24.7 Å². The van der Waals surface area contributed by atoms with Gasteiger partial charge in [-0.3, -0.25) is 4.57 Å². The Balaban J connectivity index is 1.55. The van der Waals surface area contributed by atoms with Gasteiger partial charge < -0.3 is 0 Å². The summed E-state index contributed by atoms with van der Waals surface area (Å²) in [4.78, 5) is 12.0. The number of aromatic amines is 1. The summed E-state index contributed by atoms with van der Waals surface area (Å²) in [5.41, 5.74) is -1.09. The minimum absolute atomic E-state index is 0.0632. The van der Waals surface area contributed by atoms with Gasteiger partial charge in [-0.15, -0.1) is 15.3 Å². The molecule has 0 atom stereocenters. The van der Waals surface area contributed by atoms with Crippen LogP contribution in [0, 0.1) is 5.82 Å². The van der Waals surface area contributed by atoms with Crippen LogP contribution in [0.3, 0.4) is 0 Å². The maximum atomic E-state index is 14.1. The van der Waals surface area contributed by atoms with E-state index in [1.165, 1.54) is 0 Å². The molecule has 11 nitrogen and oxygen atoms in total. The lowest BCUT2D eigenvalue weighted by molar-refractivity contribution is -0.147. The third kappa shape index (κ3) is 3.79. The molecule has 4 rings (SSSR count). The van der Waals surface area contributed by atoms with Gasteiger partial charge in [-0.1, -0.05) is 0 Å². The number of rotatable bonds is 4. The molecular formula is C16H16F4N8O3S. The van der Waals surface area contributed by atoms with Crippen molar-refractivity contribution in [3.63, 3.8) is 0 Å². The first kappa shape index (κ1) is 22.1. The number of H-pyrrole nitrogens is 1. The minimum Gasteiger partial charge on any atom is -0.274 e. The summed E-state index contributed by atoms with van der Waals surface area (Å²) in [6.07, 6.45) is -4.64. The van der Waals surface area contributed by atoms with E-state index in [1.54, 1.807) is 0 Å². The van der Waals surface area contributed by atoms with Crippen LogP contribution in [0.4, 0.5) is 17.6 Å². The van der Waals surface area contributed by atoms with Crippen LogP contribution in [-0.2, 0) is 23.2 Å². The lowest BCUT2D eigenvalue weighted by Crippen LogP contribution is -2.41. The molecule has 0 radical (unpaired) electrons. The first-order chi connectivity index (χ1) is 15.0. The average molecular weight is 476 g/mol. The normalized spacial score (nSPS) is 16.5. The molecule has 0 bridgehead atoms. The fourth-order valence-electron chi connectivity index (χ4n) is 3.53. The topological polar surface area (TPSA) is 132 Å². The van der Waals surface area contributed by atoms with Gasteiger partial charge in [-0.2, -0.15) is 22.7 Å². The summed E-state index contributed by atoms with van der Waals surface area (Å²) in [6, 6.07) is 2.45. The number of hydrogen-bond acceptors (Lipinski definition) is 7. The van der Waals surface area contributed by atoms with Crippen LogP contribution in [-0.4, -0.2) is 60.8 Å². The zero-order valence-electron chi connectivity index (χ0n) is 16.4. The van der Waals surface area contributed by atoms with Gasteiger partial charge >= 0.3 is 11.9 Å². The third-order valence-corrected chi connectivity index (χ3v) is 7.08. The van der Waals surface area contributed by atoms with Crippen LogP contribution in [0.5, 0.6) is 0 Å². The zero-order chi connectivity index (χ0) is 23.3. The van der Waals surface area contributed by atoms with E-state index in [9.17, 15) is 30.8 Å². The number of hydrogen-bond donors (Lipinski definition) is 1. The Kier molecular flexibility index (Phi) is 5.36. The molecule has 3 heterocycles. The number of piperidine rings is 1. The Morgan fingerprint density at radius 1 is 1.19 bits per heavy atom. The summed E-state index contributed by atoms with van der Waals surface area (Å²) in [6.45, 7) is -0.126. The van der Waals surface area contributed by atoms with Gasteiger partial charge in [0.2, 0.25) is 21.7 Å². The second-order valence-electron chi connectivity index (χ2n) is 7.12. The lowest BCUT2D eigenvalue weighted by atomic mass is 10.1. The highest BCUT2D eigenvalue weighted by Crippen LogP contribution is 2.30. The Labute approximate surface area is 177 Å². The maximum absolute atomic E-state index is 14.1. The molecule has 1 aliphatic heterocycles. The highest BCUT2D eigenvalue weighted by atomic mass is 32.2. The summed E-state index contributed by atoms with van der Waals surface area (Å²) in [5, 5.41) is 16.2. The molecular weight excluding hydrogens is 460 g/mol. The summed E-state index contributed by atoms with van der Waals surface area (Å²) < 4.78 is 81.5. The van der Waals surface area contributed by atoms with E-state index < -0.39 is 39.6 Å². The highest BCUT2D eigenvalue weighted by Gasteiger charge is 2.39. The Morgan fingerprint density at radius 3 is 2.44 bits per heavy atom. The van der Waals surface area contributed by atoms with Gasteiger partial charge in [-0.25, -0.2) is 22.3 Å². The largest absolute Gasteiger partial charge is 0.451 e. The molecule has 3 aromatic rings. The van der Waals surface area contributed by atoms with Crippen LogP contribution >= 0.6 is 0 Å². The molecule has 1 aromatic carbocycles. The molecule has 2 aromatic heterocycles. The molecule has 0 spiro atoms. The van der Waals surface area contributed by atoms with Crippen molar-refractivity contribution in [3.8, 4) is 11.4 Å². The standard InChI is InChI=1S/C16H16F4N8O3S/c1-26-14(16(18,19)20)23-28(15(26)29)9-4-6-27(7-5-9)32(30,31)10-2-3-12(17)11(8-10)13-21-24-25-22-13/h2-3,8-9H,4-7H2,1H3,(H,21,22,24,25). The second kappa shape index (κ2) is 7.77. The first-order valence-electron chi connectivity index (χ1n) is 9.26. The van der Waals surface area contributed by atoms with Gasteiger partial charge in [0, 0.05) is 20.1 Å². The third-order valence-electron chi connectivity index (χ3n) is 5.19. The summed E-state index contributed by atoms with van der Waals surface area (Å²) in [7, 11) is -3.07. The van der Waals surface area contributed by atoms with Crippen molar-refractivity contribution in [1.29, 1.82) is 0 Å². The van der Waals surface area contributed by atoms with Gasteiger partial charge in [0.05, 0.1) is 16.5 Å². The van der Waals surface area contributed by atoms with E-state index in [-0.39, 0.29) is 42.2 Å². The van der Waals surface area contributed by atoms with E-state index in [0.717, 1.165) is 34.2 Å². The molecule has 1 saturated heterocycles. The second-order valence-corrected chi connectivity index (χ2v) is 9.06. The molecule has 0 unspecified atom stereocenters. The SMILES string of the molecule is Cn1c(C(F)(F)F)nn(C2CCN(S(=O)(=O)c3ccc(F)c(-c4nn[nH]n4)c3)CC2)c1=O. The number of sulfonamides is 1. The highest BCUT2D eigenvalue weighted by molar-refractivity contribution is 7.89. The fourth-order valence-corrected chi connectivity index (χ4v) is 5.03. The quantitative estimate of drug-likeness (QED) is 0.555. The number of alkyl halides is 3. The predicted molar refractivity (Wildman–Crippen MR) is 99.1 cm³/mol. The Morgan fingerprint density at radius 2 is 1.88 bits per heavy atom. The van der Waals surface area contributed by atoms with Crippen LogP contribution in [0.25, 0.3) is 11.4 Å². The minimum atomic E-state index is -4.79. The van der Waals surface area contributed by atoms with Crippen LogP contribution < -0.4 is 5.69 Å². The zero-order valence-corrected chi connectivity index (χ0v) is 17.2. The van der Waals surface area contributed by atoms with E-state index in [2.05, 4.69) is 25.7 Å². The number of halogens is 4. The maximum Gasteiger partial charge on any atom is 0.451 e. The van der Waals surface area contributed by atoms with Crippen molar-refractivity contribution in [2.75, 3.05) is 13.1 Å². The number of tetrazole rings is 1. The molecule has 0 aliphatic carbocycles. The molecule has 1 N–H and O–H groups in total. The van der Waals surface area contributed by atoms with E-state index in [0.29, 0.717) is 4.57 Å². The predicted octanol–water partition coefficient (Wildman–Crippen LogP) is 0.946. The summed E-state index contributed by atoms with van der Waals surface area (Å²) >= 11 is 0.